The number of alkyl halides is 1. The molecule has 0 saturated heterocycles. The Morgan fingerprint density at radius 1 is 1.33 bits per heavy atom. The Morgan fingerprint density at radius 3 is 2.67 bits per heavy atom. The van der Waals surface area contributed by atoms with Gasteiger partial charge in [0.15, 0.2) is 0 Å². The quantitative estimate of drug-likeness (QED) is 0.816. The zero-order valence-electron chi connectivity index (χ0n) is 11.6. The molecule has 3 unspecified atom stereocenters. The number of hydrogen-bond acceptors (Lipinski definition) is 1. The lowest BCUT2D eigenvalue weighted by Gasteiger charge is -2.39. The molecular formula is C16H22ClN. The summed E-state index contributed by atoms with van der Waals surface area (Å²) >= 11 is 6.49. The summed E-state index contributed by atoms with van der Waals surface area (Å²) < 4.78 is 0. The Bertz CT molecular complexity index is 464. The van der Waals surface area contributed by atoms with Crippen LogP contribution >= 0.6 is 11.6 Å². The summed E-state index contributed by atoms with van der Waals surface area (Å²) in [5.41, 5.74) is 4.01. The van der Waals surface area contributed by atoms with E-state index in [9.17, 15) is 0 Å². The third-order valence-corrected chi connectivity index (χ3v) is 5.02. The lowest BCUT2D eigenvalue weighted by atomic mass is 9.73. The topological polar surface area (TPSA) is 12.0 Å². The molecule has 0 saturated carbocycles. The van der Waals surface area contributed by atoms with Gasteiger partial charge in [-0.3, -0.25) is 0 Å². The number of rotatable bonds is 4. The van der Waals surface area contributed by atoms with E-state index in [0.29, 0.717) is 6.04 Å². The van der Waals surface area contributed by atoms with Crippen molar-refractivity contribution in [3.05, 3.63) is 41.0 Å². The maximum absolute atomic E-state index is 6.49. The first-order valence-corrected chi connectivity index (χ1v) is 7.05. The van der Waals surface area contributed by atoms with E-state index in [4.69, 9.17) is 11.6 Å². The lowest BCUT2D eigenvalue weighted by molar-refractivity contribution is 0.345. The standard InChI is InChI=1S/C16H22ClN/c1-11(17)16(3,12(2)18-4)15-9-8-13-6-5-7-14(13)10-15/h5,7-12,18H,6H2,1-4H3. The predicted molar refractivity (Wildman–Crippen MR) is 80.4 cm³/mol. The van der Waals surface area contributed by atoms with Crippen LogP contribution in [-0.4, -0.2) is 18.5 Å². The summed E-state index contributed by atoms with van der Waals surface area (Å²) in [5, 5.41) is 3.42. The van der Waals surface area contributed by atoms with Gasteiger partial charge in [0.2, 0.25) is 0 Å². The van der Waals surface area contributed by atoms with Gasteiger partial charge in [-0.1, -0.05) is 37.3 Å². The zero-order valence-corrected chi connectivity index (χ0v) is 12.4. The van der Waals surface area contributed by atoms with E-state index in [2.05, 4.69) is 56.4 Å². The molecule has 0 amide bonds. The van der Waals surface area contributed by atoms with E-state index in [1.807, 2.05) is 7.05 Å². The molecule has 0 bridgehead atoms. The molecule has 0 spiro atoms. The van der Waals surface area contributed by atoms with E-state index < -0.39 is 0 Å². The number of fused-ring (bicyclic) bond motifs is 1. The van der Waals surface area contributed by atoms with Gasteiger partial charge in [-0.05, 0) is 44.0 Å². The summed E-state index contributed by atoms with van der Waals surface area (Å²) in [4.78, 5) is 0. The van der Waals surface area contributed by atoms with Crippen molar-refractivity contribution in [3.8, 4) is 0 Å². The Morgan fingerprint density at radius 2 is 2.06 bits per heavy atom. The molecule has 1 aromatic carbocycles. The smallest absolute Gasteiger partial charge is 0.0416 e. The summed E-state index contributed by atoms with van der Waals surface area (Å²) in [6, 6.07) is 7.10. The Kier molecular flexibility index (Phi) is 3.84. The minimum absolute atomic E-state index is 0.0677. The van der Waals surface area contributed by atoms with Crippen molar-refractivity contribution in [3.63, 3.8) is 0 Å². The van der Waals surface area contributed by atoms with Crippen LogP contribution in [0.3, 0.4) is 0 Å². The highest BCUT2D eigenvalue weighted by atomic mass is 35.5. The monoisotopic (exact) mass is 263 g/mol. The van der Waals surface area contributed by atoms with Crippen LogP contribution in [0.4, 0.5) is 0 Å². The zero-order chi connectivity index (χ0) is 13.3. The van der Waals surface area contributed by atoms with Gasteiger partial charge in [0.1, 0.15) is 0 Å². The molecule has 98 valence electrons. The van der Waals surface area contributed by atoms with Crippen LogP contribution in [0.2, 0.25) is 0 Å². The molecule has 1 N–H and O–H groups in total. The molecule has 1 aliphatic rings. The number of halogens is 1. The molecule has 0 aliphatic heterocycles. The highest BCUT2D eigenvalue weighted by Crippen LogP contribution is 2.36. The van der Waals surface area contributed by atoms with Gasteiger partial charge in [0.25, 0.3) is 0 Å². The Labute approximate surface area is 115 Å². The SMILES string of the molecule is CNC(C)C(C)(c1ccc2c(c1)C=CC2)C(C)Cl. The van der Waals surface area contributed by atoms with E-state index in [-0.39, 0.29) is 10.8 Å². The first kappa shape index (κ1) is 13.6. The molecule has 1 aromatic rings. The van der Waals surface area contributed by atoms with E-state index in [1.165, 1.54) is 16.7 Å². The lowest BCUT2D eigenvalue weighted by Crippen LogP contribution is -2.48. The molecule has 0 aromatic heterocycles. The maximum Gasteiger partial charge on any atom is 0.0416 e. The molecular weight excluding hydrogens is 242 g/mol. The fourth-order valence-electron chi connectivity index (χ4n) is 2.71. The molecule has 3 atom stereocenters. The van der Waals surface area contributed by atoms with Crippen LogP contribution in [0.25, 0.3) is 6.08 Å². The Balaban J connectivity index is 2.46. The van der Waals surface area contributed by atoms with Crippen LogP contribution in [0, 0.1) is 0 Å². The third-order valence-electron chi connectivity index (χ3n) is 4.56. The number of hydrogen-bond donors (Lipinski definition) is 1. The van der Waals surface area contributed by atoms with Crippen LogP contribution in [0.1, 0.15) is 37.5 Å². The molecule has 1 aliphatic carbocycles. The van der Waals surface area contributed by atoms with E-state index in [0.717, 1.165) is 6.42 Å². The van der Waals surface area contributed by atoms with Crippen molar-refractivity contribution in [2.75, 3.05) is 7.05 Å². The van der Waals surface area contributed by atoms with Crippen molar-refractivity contribution in [2.24, 2.45) is 0 Å². The second-order valence-electron chi connectivity index (χ2n) is 5.43. The van der Waals surface area contributed by atoms with Crippen molar-refractivity contribution >= 4 is 17.7 Å². The molecule has 0 radical (unpaired) electrons. The average molecular weight is 264 g/mol. The molecule has 18 heavy (non-hydrogen) atoms. The fraction of sp³-hybridized carbons (Fsp3) is 0.500. The highest BCUT2D eigenvalue weighted by molar-refractivity contribution is 6.21. The largest absolute Gasteiger partial charge is 0.316 e. The van der Waals surface area contributed by atoms with Gasteiger partial charge in [-0.25, -0.2) is 0 Å². The fourth-order valence-corrected chi connectivity index (χ4v) is 3.02. The molecule has 0 heterocycles. The average Bonchev–Trinajstić information content (AvgIpc) is 2.83. The summed E-state index contributed by atoms with van der Waals surface area (Å²) in [6.45, 7) is 6.52. The minimum atomic E-state index is -0.0677. The van der Waals surface area contributed by atoms with Gasteiger partial charge in [-0.2, -0.15) is 0 Å². The van der Waals surface area contributed by atoms with Crippen LogP contribution in [0.15, 0.2) is 24.3 Å². The molecule has 2 heteroatoms. The van der Waals surface area contributed by atoms with Crippen LogP contribution < -0.4 is 5.32 Å². The number of benzene rings is 1. The predicted octanol–water partition coefficient (Wildman–Crippen LogP) is 3.75. The molecule has 0 fully saturated rings. The van der Waals surface area contributed by atoms with E-state index >= 15 is 0 Å². The van der Waals surface area contributed by atoms with Crippen LogP contribution in [-0.2, 0) is 11.8 Å². The van der Waals surface area contributed by atoms with Crippen molar-refractivity contribution in [1.29, 1.82) is 0 Å². The first-order chi connectivity index (χ1) is 8.50. The Hall–Kier alpha value is -0.790. The highest BCUT2D eigenvalue weighted by Gasteiger charge is 2.37. The van der Waals surface area contributed by atoms with Gasteiger partial charge in [-0.15, -0.1) is 11.6 Å². The van der Waals surface area contributed by atoms with Crippen molar-refractivity contribution in [2.45, 2.75) is 44.0 Å². The number of likely N-dealkylation sites (N-methyl/N-ethyl adjacent to an activating group) is 1. The van der Waals surface area contributed by atoms with E-state index in [1.54, 1.807) is 0 Å². The van der Waals surface area contributed by atoms with Crippen molar-refractivity contribution < 1.29 is 0 Å². The number of allylic oxidation sites excluding steroid dienone is 1. The number of nitrogens with one attached hydrogen (secondary N) is 1. The molecule has 1 nitrogen and oxygen atoms in total. The maximum atomic E-state index is 6.49. The summed E-state index contributed by atoms with van der Waals surface area (Å²) in [6.07, 6.45) is 5.49. The van der Waals surface area contributed by atoms with Gasteiger partial charge < -0.3 is 5.32 Å². The second kappa shape index (κ2) is 5.07. The van der Waals surface area contributed by atoms with Gasteiger partial charge in [0, 0.05) is 16.8 Å². The van der Waals surface area contributed by atoms with Gasteiger partial charge in [0.05, 0.1) is 0 Å². The van der Waals surface area contributed by atoms with Crippen LogP contribution in [0.5, 0.6) is 0 Å². The minimum Gasteiger partial charge on any atom is -0.316 e. The second-order valence-corrected chi connectivity index (χ2v) is 6.08. The summed E-state index contributed by atoms with van der Waals surface area (Å²) in [5.74, 6) is 0. The van der Waals surface area contributed by atoms with Crippen molar-refractivity contribution in [1.82, 2.24) is 5.32 Å². The summed E-state index contributed by atoms with van der Waals surface area (Å²) in [7, 11) is 2.00. The third kappa shape index (κ3) is 2.10. The normalized spacial score (nSPS) is 20.3. The van der Waals surface area contributed by atoms with Gasteiger partial charge >= 0.3 is 0 Å². The first-order valence-electron chi connectivity index (χ1n) is 6.61. The molecule has 2 rings (SSSR count).